The van der Waals surface area contributed by atoms with Crippen LogP contribution in [0.1, 0.15) is 31.2 Å². The molecule has 7 nitrogen and oxygen atoms in total. The Labute approximate surface area is 166 Å². The highest BCUT2D eigenvalue weighted by Gasteiger charge is 2.40. The molecule has 0 radical (unpaired) electrons. The van der Waals surface area contributed by atoms with Crippen LogP contribution in [0.5, 0.6) is 0 Å². The number of piperidine rings is 1. The Hall–Kier alpha value is -1.54. The molecule has 0 bridgehead atoms. The Morgan fingerprint density at radius 1 is 1.21 bits per heavy atom. The van der Waals surface area contributed by atoms with Crippen LogP contribution in [0.3, 0.4) is 0 Å². The number of ether oxygens (including phenoxy) is 3. The summed E-state index contributed by atoms with van der Waals surface area (Å²) in [4.78, 5) is 20.8. The second-order valence-corrected chi connectivity index (χ2v) is 8.09. The van der Waals surface area contributed by atoms with Crippen LogP contribution in [-0.4, -0.2) is 85.0 Å². The van der Waals surface area contributed by atoms with E-state index >= 15 is 0 Å². The molecule has 28 heavy (non-hydrogen) atoms. The Morgan fingerprint density at radius 2 is 2.04 bits per heavy atom. The maximum absolute atomic E-state index is 12.3. The van der Waals surface area contributed by atoms with Gasteiger partial charge in [-0.2, -0.15) is 0 Å². The molecule has 1 aromatic rings. The van der Waals surface area contributed by atoms with Gasteiger partial charge in [-0.15, -0.1) is 0 Å². The molecular formula is C21H31N3O4. The number of carbonyl (C=O) groups is 1. The Bertz CT molecular complexity index is 628. The smallest absolute Gasteiger partial charge is 0.248 e. The average Bonchev–Trinajstić information content (AvgIpc) is 2.75. The fourth-order valence-electron chi connectivity index (χ4n) is 4.44. The number of carbonyl (C=O) groups excluding carboxylic acids is 1. The van der Waals surface area contributed by atoms with Crippen LogP contribution in [0.4, 0.5) is 0 Å². The number of aromatic nitrogens is 1. The van der Waals surface area contributed by atoms with Gasteiger partial charge in [-0.05, 0) is 30.9 Å². The van der Waals surface area contributed by atoms with Crippen molar-refractivity contribution in [1.82, 2.24) is 14.8 Å². The quantitative estimate of drug-likeness (QED) is 0.760. The molecule has 1 amide bonds. The lowest BCUT2D eigenvalue weighted by atomic mass is 9.83. The lowest BCUT2D eigenvalue weighted by Crippen LogP contribution is -2.51. The number of morpholine rings is 1. The van der Waals surface area contributed by atoms with Crippen LogP contribution in [0.25, 0.3) is 0 Å². The van der Waals surface area contributed by atoms with Gasteiger partial charge in [0.2, 0.25) is 5.91 Å². The molecule has 1 unspecified atom stereocenters. The van der Waals surface area contributed by atoms with Crippen molar-refractivity contribution in [3.63, 3.8) is 0 Å². The second-order valence-electron chi connectivity index (χ2n) is 8.09. The molecule has 0 aromatic carbocycles. The summed E-state index contributed by atoms with van der Waals surface area (Å²) in [6.07, 6.45) is 7.67. The van der Waals surface area contributed by atoms with Gasteiger partial charge in [0.15, 0.2) is 0 Å². The molecule has 1 aromatic heterocycles. The maximum Gasteiger partial charge on any atom is 0.248 e. The third kappa shape index (κ3) is 5.08. The van der Waals surface area contributed by atoms with Crippen molar-refractivity contribution in [1.29, 1.82) is 0 Å². The first-order chi connectivity index (χ1) is 13.7. The zero-order valence-electron chi connectivity index (χ0n) is 16.6. The van der Waals surface area contributed by atoms with Crippen LogP contribution in [0, 0.1) is 0 Å². The lowest BCUT2D eigenvalue weighted by Gasteiger charge is -2.46. The number of likely N-dealkylation sites (tertiary alicyclic amines) is 1. The van der Waals surface area contributed by atoms with Gasteiger partial charge in [0.05, 0.1) is 24.9 Å². The highest BCUT2D eigenvalue weighted by Crippen LogP contribution is 2.36. The summed E-state index contributed by atoms with van der Waals surface area (Å²) < 4.78 is 17.5. The summed E-state index contributed by atoms with van der Waals surface area (Å²) in [5.41, 5.74) is 1.17. The van der Waals surface area contributed by atoms with Gasteiger partial charge >= 0.3 is 0 Å². The number of amides is 1. The molecular weight excluding hydrogens is 358 g/mol. The number of nitrogens with zero attached hydrogens (tertiary/aromatic N) is 3. The maximum atomic E-state index is 12.3. The van der Waals surface area contributed by atoms with Gasteiger partial charge in [-0.25, -0.2) is 0 Å². The van der Waals surface area contributed by atoms with Crippen molar-refractivity contribution in [3.05, 3.63) is 30.1 Å². The van der Waals surface area contributed by atoms with Gasteiger partial charge in [0.25, 0.3) is 0 Å². The first kappa shape index (κ1) is 19.8. The number of hydrogen-bond acceptors (Lipinski definition) is 6. The summed E-state index contributed by atoms with van der Waals surface area (Å²) in [5, 5.41) is 0. The van der Waals surface area contributed by atoms with E-state index in [0.29, 0.717) is 26.3 Å². The van der Waals surface area contributed by atoms with E-state index in [9.17, 15) is 4.79 Å². The van der Waals surface area contributed by atoms with Gasteiger partial charge in [0, 0.05) is 58.1 Å². The minimum Gasteiger partial charge on any atom is -0.378 e. The molecule has 154 valence electrons. The number of pyridine rings is 1. The molecule has 4 heterocycles. The standard InChI is InChI=1S/C21H31N3O4/c25-20(24-9-12-26-13-10-24)17-27-19-3-11-28-21(14-19)4-7-23(8-5-21)16-18-2-1-6-22-15-18/h1-2,6,15,19H,3-5,7-14,16-17H2. The van der Waals surface area contributed by atoms with Crippen molar-refractivity contribution in [2.45, 2.75) is 43.9 Å². The molecule has 4 rings (SSSR count). The summed E-state index contributed by atoms with van der Waals surface area (Å²) in [6, 6.07) is 4.12. The van der Waals surface area contributed by atoms with Crippen molar-refractivity contribution in [2.75, 3.05) is 52.6 Å². The summed E-state index contributed by atoms with van der Waals surface area (Å²) in [5.74, 6) is 0.0788. The average molecular weight is 389 g/mol. The molecule has 0 aliphatic carbocycles. The van der Waals surface area contributed by atoms with Crippen LogP contribution in [-0.2, 0) is 25.5 Å². The van der Waals surface area contributed by atoms with E-state index in [-0.39, 0.29) is 24.2 Å². The van der Waals surface area contributed by atoms with E-state index in [1.54, 1.807) is 0 Å². The molecule has 3 fully saturated rings. The van der Waals surface area contributed by atoms with Crippen LogP contribution in [0.2, 0.25) is 0 Å². The third-order valence-electron chi connectivity index (χ3n) is 6.15. The number of hydrogen-bond donors (Lipinski definition) is 0. The fourth-order valence-corrected chi connectivity index (χ4v) is 4.44. The van der Waals surface area contributed by atoms with E-state index in [1.165, 1.54) is 5.56 Å². The Morgan fingerprint density at radius 3 is 2.79 bits per heavy atom. The lowest BCUT2D eigenvalue weighted by molar-refractivity contribution is -0.165. The second kappa shape index (κ2) is 9.31. The van der Waals surface area contributed by atoms with Crippen LogP contribution >= 0.6 is 0 Å². The van der Waals surface area contributed by atoms with Crippen LogP contribution in [0.15, 0.2) is 24.5 Å². The summed E-state index contributed by atoms with van der Waals surface area (Å²) >= 11 is 0. The highest BCUT2D eigenvalue weighted by molar-refractivity contribution is 5.77. The third-order valence-corrected chi connectivity index (χ3v) is 6.15. The largest absolute Gasteiger partial charge is 0.378 e. The predicted molar refractivity (Wildman–Crippen MR) is 104 cm³/mol. The van der Waals surface area contributed by atoms with Gasteiger partial charge in [-0.3, -0.25) is 14.7 Å². The summed E-state index contributed by atoms with van der Waals surface area (Å²) in [7, 11) is 0. The molecule has 0 saturated carbocycles. The van der Waals surface area contributed by atoms with Gasteiger partial charge in [0.1, 0.15) is 6.61 Å². The molecule has 1 atom stereocenters. The van der Waals surface area contributed by atoms with Gasteiger partial charge < -0.3 is 19.1 Å². The van der Waals surface area contributed by atoms with Gasteiger partial charge in [-0.1, -0.05) is 6.07 Å². The minimum absolute atomic E-state index is 0.0788. The SMILES string of the molecule is O=C(COC1CCOC2(CCN(Cc3cccnc3)CC2)C1)N1CCOCC1. The molecule has 3 saturated heterocycles. The number of rotatable bonds is 5. The normalized spacial score (nSPS) is 25.7. The van der Waals surface area contributed by atoms with E-state index in [4.69, 9.17) is 14.2 Å². The predicted octanol–water partition coefficient (Wildman–Crippen LogP) is 1.47. The molecule has 1 spiro atoms. The summed E-state index contributed by atoms with van der Waals surface area (Å²) in [6.45, 7) is 6.48. The molecule has 3 aliphatic heterocycles. The van der Waals surface area contributed by atoms with Crippen molar-refractivity contribution < 1.29 is 19.0 Å². The minimum atomic E-state index is -0.0869. The Kier molecular flexibility index (Phi) is 6.57. The first-order valence-corrected chi connectivity index (χ1v) is 10.4. The topological polar surface area (TPSA) is 64.1 Å². The first-order valence-electron chi connectivity index (χ1n) is 10.4. The monoisotopic (exact) mass is 389 g/mol. The van der Waals surface area contributed by atoms with Crippen molar-refractivity contribution >= 4 is 5.91 Å². The Balaban J connectivity index is 1.23. The molecule has 0 N–H and O–H groups in total. The highest BCUT2D eigenvalue weighted by atomic mass is 16.5. The van der Waals surface area contributed by atoms with Crippen molar-refractivity contribution in [3.8, 4) is 0 Å². The zero-order valence-corrected chi connectivity index (χ0v) is 16.6. The molecule has 7 heteroatoms. The van der Waals surface area contributed by atoms with E-state index < -0.39 is 0 Å². The van der Waals surface area contributed by atoms with E-state index in [0.717, 1.165) is 51.9 Å². The fraction of sp³-hybridized carbons (Fsp3) is 0.714. The van der Waals surface area contributed by atoms with Crippen LogP contribution < -0.4 is 0 Å². The van der Waals surface area contributed by atoms with E-state index in [2.05, 4.69) is 16.0 Å². The zero-order chi connectivity index (χ0) is 19.2. The molecule has 3 aliphatic rings. The van der Waals surface area contributed by atoms with E-state index in [1.807, 2.05) is 23.4 Å². The van der Waals surface area contributed by atoms with Crippen molar-refractivity contribution in [2.24, 2.45) is 0 Å².